The zero-order valence-electron chi connectivity index (χ0n) is 12.1. The first-order valence-corrected chi connectivity index (χ1v) is 6.80. The SMILES string of the molecule is CCC#COc1nc2ccccc2c(C)c1C#CCC. The number of aromatic nitrogens is 1. The van der Waals surface area contributed by atoms with Gasteiger partial charge in [0, 0.05) is 18.2 Å². The summed E-state index contributed by atoms with van der Waals surface area (Å²) in [6.45, 7) is 6.05. The molecule has 1 aromatic heterocycles. The lowest BCUT2D eigenvalue weighted by atomic mass is 10.0. The summed E-state index contributed by atoms with van der Waals surface area (Å²) in [5.41, 5.74) is 2.82. The Morgan fingerprint density at radius 1 is 1.10 bits per heavy atom. The Morgan fingerprint density at radius 2 is 1.85 bits per heavy atom. The van der Waals surface area contributed by atoms with Gasteiger partial charge in [0.05, 0.1) is 11.1 Å². The third kappa shape index (κ3) is 2.92. The van der Waals surface area contributed by atoms with Crippen LogP contribution in [0.4, 0.5) is 0 Å². The number of rotatable bonds is 1. The number of fused-ring (bicyclic) bond motifs is 1. The molecule has 2 rings (SSSR count). The predicted molar refractivity (Wildman–Crippen MR) is 82.3 cm³/mol. The lowest BCUT2D eigenvalue weighted by molar-refractivity contribution is 0.497. The molecule has 2 nitrogen and oxygen atoms in total. The summed E-state index contributed by atoms with van der Waals surface area (Å²) in [6, 6.07) is 7.99. The highest BCUT2D eigenvalue weighted by atomic mass is 16.5. The Balaban J connectivity index is 2.63. The molecular formula is C18H17NO. The molecule has 20 heavy (non-hydrogen) atoms. The van der Waals surface area contributed by atoms with Crippen molar-refractivity contribution in [2.75, 3.05) is 0 Å². The Bertz CT molecular complexity index is 739. The van der Waals surface area contributed by atoms with Gasteiger partial charge in [-0.3, -0.25) is 0 Å². The average Bonchev–Trinajstić information content (AvgIpc) is 2.47. The fourth-order valence-electron chi connectivity index (χ4n) is 1.90. The van der Waals surface area contributed by atoms with Gasteiger partial charge in [-0.1, -0.05) is 49.8 Å². The zero-order valence-corrected chi connectivity index (χ0v) is 12.1. The molecule has 2 aromatic rings. The van der Waals surface area contributed by atoms with Crippen LogP contribution in [0.5, 0.6) is 5.88 Å². The van der Waals surface area contributed by atoms with Crippen molar-refractivity contribution < 1.29 is 4.74 Å². The quantitative estimate of drug-likeness (QED) is 0.724. The van der Waals surface area contributed by atoms with Gasteiger partial charge in [-0.15, -0.1) is 0 Å². The van der Waals surface area contributed by atoms with Gasteiger partial charge >= 0.3 is 0 Å². The molecule has 0 radical (unpaired) electrons. The molecule has 0 aliphatic rings. The van der Waals surface area contributed by atoms with Crippen LogP contribution in [0.15, 0.2) is 24.3 Å². The van der Waals surface area contributed by atoms with Crippen LogP contribution >= 0.6 is 0 Å². The molecule has 1 heterocycles. The Hall–Kier alpha value is -2.45. The molecule has 0 N–H and O–H groups in total. The predicted octanol–water partition coefficient (Wildman–Crippen LogP) is 4.05. The van der Waals surface area contributed by atoms with E-state index in [9.17, 15) is 0 Å². The van der Waals surface area contributed by atoms with E-state index in [0.717, 1.165) is 34.9 Å². The molecule has 0 amide bonds. The number of benzene rings is 1. The number of aryl methyl sites for hydroxylation is 1. The smallest absolute Gasteiger partial charge is 0.247 e. The van der Waals surface area contributed by atoms with Gasteiger partial charge in [0.1, 0.15) is 6.11 Å². The van der Waals surface area contributed by atoms with E-state index in [1.807, 2.05) is 39.0 Å². The van der Waals surface area contributed by atoms with E-state index < -0.39 is 0 Å². The van der Waals surface area contributed by atoms with Gasteiger partial charge in [-0.2, -0.15) is 0 Å². The number of hydrogen-bond donors (Lipinski definition) is 0. The standard InChI is InChI=1S/C18H17NO/c1-4-6-10-16-14(3)15-11-8-9-12-17(15)19-18(16)20-13-7-5-2/h8-9,11-12H,4-5H2,1-3H3. The molecule has 0 unspecified atom stereocenters. The van der Waals surface area contributed by atoms with Gasteiger partial charge in [-0.05, 0) is 18.6 Å². The van der Waals surface area contributed by atoms with E-state index in [2.05, 4.69) is 34.9 Å². The van der Waals surface area contributed by atoms with Crippen molar-refractivity contribution >= 4 is 10.9 Å². The molecule has 0 aliphatic heterocycles. The van der Waals surface area contributed by atoms with Crippen molar-refractivity contribution in [2.45, 2.75) is 33.6 Å². The van der Waals surface area contributed by atoms with E-state index in [0.29, 0.717) is 5.88 Å². The topological polar surface area (TPSA) is 22.1 Å². The Kier molecular flexibility index (Phi) is 4.64. The summed E-state index contributed by atoms with van der Waals surface area (Å²) >= 11 is 0. The molecule has 2 heteroatoms. The maximum atomic E-state index is 5.49. The third-order valence-electron chi connectivity index (χ3n) is 2.91. The second kappa shape index (κ2) is 6.64. The average molecular weight is 263 g/mol. The Morgan fingerprint density at radius 3 is 2.60 bits per heavy atom. The Labute approximate surface area is 120 Å². The number of ether oxygens (including phenoxy) is 1. The van der Waals surface area contributed by atoms with E-state index in [-0.39, 0.29) is 0 Å². The van der Waals surface area contributed by atoms with Crippen molar-refractivity contribution in [3.8, 4) is 29.7 Å². The lowest BCUT2D eigenvalue weighted by Crippen LogP contribution is -1.96. The molecular weight excluding hydrogens is 246 g/mol. The van der Waals surface area contributed by atoms with Crippen LogP contribution in [-0.2, 0) is 0 Å². The number of nitrogens with zero attached hydrogens (tertiary/aromatic N) is 1. The summed E-state index contributed by atoms with van der Waals surface area (Å²) in [5, 5.41) is 1.10. The maximum absolute atomic E-state index is 5.49. The molecule has 1 aromatic carbocycles. The minimum absolute atomic E-state index is 0.503. The van der Waals surface area contributed by atoms with E-state index >= 15 is 0 Å². The summed E-state index contributed by atoms with van der Waals surface area (Å²) in [6.07, 6.45) is 4.23. The minimum atomic E-state index is 0.503. The van der Waals surface area contributed by atoms with Crippen molar-refractivity contribution in [3.05, 3.63) is 35.4 Å². The van der Waals surface area contributed by atoms with Crippen molar-refractivity contribution in [1.82, 2.24) is 4.98 Å². The highest BCUT2D eigenvalue weighted by molar-refractivity contribution is 5.85. The fraction of sp³-hybridized carbons (Fsp3) is 0.278. The summed E-state index contributed by atoms with van der Waals surface area (Å²) in [4.78, 5) is 4.53. The van der Waals surface area contributed by atoms with Crippen LogP contribution in [0.3, 0.4) is 0 Å². The second-order valence-electron chi connectivity index (χ2n) is 4.32. The summed E-state index contributed by atoms with van der Waals surface area (Å²) < 4.78 is 5.49. The van der Waals surface area contributed by atoms with Gasteiger partial charge in [0.25, 0.3) is 0 Å². The molecule has 0 atom stereocenters. The molecule has 100 valence electrons. The first-order valence-electron chi connectivity index (χ1n) is 6.80. The second-order valence-corrected chi connectivity index (χ2v) is 4.32. The van der Waals surface area contributed by atoms with Crippen molar-refractivity contribution in [2.24, 2.45) is 0 Å². The van der Waals surface area contributed by atoms with Crippen LogP contribution in [0.2, 0.25) is 0 Å². The van der Waals surface area contributed by atoms with Crippen LogP contribution in [0.1, 0.15) is 37.8 Å². The van der Waals surface area contributed by atoms with E-state index in [1.165, 1.54) is 0 Å². The normalized spacial score (nSPS) is 9.35. The number of hydrogen-bond acceptors (Lipinski definition) is 2. The first kappa shape index (κ1) is 14.0. The molecule has 0 spiro atoms. The lowest BCUT2D eigenvalue weighted by Gasteiger charge is -2.08. The van der Waals surface area contributed by atoms with E-state index in [1.54, 1.807) is 0 Å². The molecule has 0 aliphatic carbocycles. The molecule has 0 saturated carbocycles. The van der Waals surface area contributed by atoms with Gasteiger partial charge in [-0.25, -0.2) is 4.98 Å². The maximum Gasteiger partial charge on any atom is 0.247 e. The molecule has 0 fully saturated rings. The van der Waals surface area contributed by atoms with Crippen LogP contribution < -0.4 is 4.74 Å². The van der Waals surface area contributed by atoms with Gasteiger partial charge in [0.2, 0.25) is 5.88 Å². The molecule has 0 bridgehead atoms. The summed E-state index contributed by atoms with van der Waals surface area (Å²) in [5.74, 6) is 9.62. The fourth-order valence-corrected chi connectivity index (χ4v) is 1.90. The highest BCUT2D eigenvalue weighted by Gasteiger charge is 2.11. The number of para-hydroxylation sites is 1. The van der Waals surface area contributed by atoms with Gasteiger partial charge in [0.15, 0.2) is 0 Å². The van der Waals surface area contributed by atoms with Crippen molar-refractivity contribution in [3.63, 3.8) is 0 Å². The monoisotopic (exact) mass is 263 g/mol. The van der Waals surface area contributed by atoms with Crippen molar-refractivity contribution in [1.29, 1.82) is 0 Å². The minimum Gasteiger partial charge on any atom is -0.386 e. The van der Waals surface area contributed by atoms with Gasteiger partial charge < -0.3 is 4.74 Å². The third-order valence-corrected chi connectivity index (χ3v) is 2.91. The highest BCUT2D eigenvalue weighted by Crippen LogP contribution is 2.26. The zero-order chi connectivity index (χ0) is 14.4. The largest absolute Gasteiger partial charge is 0.386 e. The van der Waals surface area contributed by atoms with Crippen LogP contribution in [-0.4, -0.2) is 4.98 Å². The van der Waals surface area contributed by atoms with Crippen LogP contribution in [0.25, 0.3) is 10.9 Å². The van der Waals surface area contributed by atoms with E-state index in [4.69, 9.17) is 4.74 Å². The molecule has 0 saturated heterocycles. The number of pyridine rings is 1. The van der Waals surface area contributed by atoms with Crippen LogP contribution in [0, 0.1) is 30.8 Å². The first-order chi connectivity index (χ1) is 9.77. The summed E-state index contributed by atoms with van der Waals surface area (Å²) in [7, 11) is 0.